The van der Waals surface area contributed by atoms with Gasteiger partial charge in [-0.15, -0.1) is 0 Å². The molecule has 0 atom stereocenters. The summed E-state index contributed by atoms with van der Waals surface area (Å²) in [5.41, 5.74) is 0.724. The molecule has 3 rings (SSSR count). The molecule has 0 bridgehead atoms. The molecule has 26 heavy (non-hydrogen) atoms. The predicted molar refractivity (Wildman–Crippen MR) is 116 cm³/mol. The Balaban J connectivity index is 0.00000117. The van der Waals surface area contributed by atoms with Crippen molar-refractivity contribution >= 4 is 0 Å². The smallest absolute Gasteiger partial charge is 0.00925 e. The summed E-state index contributed by atoms with van der Waals surface area (Å²) >= 11 is 0. The van der Waals surface area contributed by atoms with Gasteiger partial charge in [-0.25, -0.2) is 0 Å². The van der Waals surface area contributed by atoms with E-state index in [1.54, 1.807) is 0 Å². The summed E-state index contributed by atoms with van der Waals surface area (Å²) in [6.07, 6.45) is 16.3. The first-order chi connectivity index (χ1) is 12.6. The van der Waals surface area contributed by atoms with E-state index in [9.17, 15) is 0 Å². The summed E-state index contributed by atoms with van der Waals surface area (Å²) in [7, 11) is 2.32. The van der Waals surface area contributed by atoms with Gasteiger partial charge in [-0.1, -0.05) is 47.0 Å². The molecule has 3 aliphatic rings. The number of likely N-dealkylation sites (tertiary alicyclic amines) is 1. The molecule has 2 aliphatic carbocycles. The highest BCUT2D eigenvalue weighted by atomic mass is 15.1. The fraction of sp³-hybridized carbons (Fsp3) is 1.00. The summed E-state index contributed by atoms with van der Waals surface area (Å²) < 4.78 is 0. The number of hydrogen-bond acceptors (Lipinski definition) is 2. The van der Waals surface area contributed by atoms with Crippen molar-refractivity contribution in [2.75, 3.05) is 33.2 Å². The van der Waals surface area contributed by atoms with E-state index in [2.05, 4.69) is 30.7 Å². The molecule has 1 aliphatic heterocycles. The monoisotopic (exact) mass is 364 g/mol. The number of piperidine rings is 1. The molecule has 2 saturated carbocycles. The minimum absolute atomic E-state index is 0.724. The molecule has 0 aromatic heterocycles. The number of nitrogens with zero attached hydrogens (tertiary/aromatic N) is 2. The van der Waals surface area contributed by atoms with Gasteiger partial charge in [0.2, 0.25) is 0 Å². The van der Waals surface area contributed by atoms with Gasteiger partial charge in [-0.2, -0.15) is 0 Å². The Morgan fingerprint density at radius 3 is 1.85 bits per heavy atom. The van der Waals surface area contributed by atoms with Crippen molar-refractivity contribution < 1.29 is 0 Å². The maximum Gasteiger partial charge on any atom is 0.00925 e. The van der Waals surface area contributed by atoms with Crippen LogP contribution in [0.2, 0.25) is 0 Å². The van der Waals surface area contributed by atoms with Crippen LogP contribution in [0.15, 0.2) is 0 Å². The number of hydrogen-bond donors (Lipinski definition) is 0. The third-order valence-corrected chi connectivity index (χ3v) is 8.11. The van der Waals surface area contributed by atoms with Crippen molar-refractivity contribution in [2.45, 2.75) is 104 Å². The van der Waals surface area contributed by atoms with E-state index in [0.717, 1.165) is 23.3 Å². The summed E-state index contributed by atoms with van der Waals surface area (Å²) in [5.74, 6) is 2.05. The van der Waals surface area contributed by atoms with Gasteiger partial charge in [-0.05, 0) is 95.3 Å². The molecule has 0 amide bonds. The topological polar surface area (TPSA) is 6.48 Å². The molecule has 0 radical (unpaired) electrons. The van der Waals surface area contributed by atoms with Crippen LogP contribution in [0, 0.1) is 17.3 Å². The van der Waals surface area contributed by atoms with E-state index in [-0.39, 0.29) is 0 Å². The molecule has 0 N–H and O–H groups in total. The first kappa shape index (κ1) is 22.2. The second kappa shape index (κ2) is 11.1. The number of rotatable bonds is 5. The standard InChI is InChI=1S/C22H42N2.C2H6/c1-4-19-6-8-20(9-7-19)18-24-16-14-22(15-17-24)12-10-21(11-13-22)23(3)5-2;1-2/h19-21H,4-18H2,1-3H3;1-2H3. The van der Waals surface area contributed by atoms with Crippen molar-refractivity contribution in [3.63, 3.8) is 0 Å². The molecule has 1 heterocycles. The highest BCUT2D eigenvalue weighted by Gasteiger charge is 2.39. The van der Waals surface area contributed by atoms with Crippen molar-refractivity contribution in [1.29, 1.82) is 0 Å². The zero-order valence-corrected chi connectivity index (χ0v) is 18.7. The van der Waals surface area contributed by atoms with E-state index >= 15 is 0 Å². The average molecular weight is 365 g/mol. The SMILES string of the molecule is CC.CCC1CCC(CN2CCC3(CCC(N(C)CC)CC3)CC2)CC1. The summed E-state index contributed by atoms with van der Waals surface area (Å²) in [6, 6.07) is 0.868. The summed E-state index contributed by atoms with van der Waals surface area (Å²) in [6.45, 7) is 14.1. The van der Waals surface area contributed by atoms with Crippen LogP contribution in [-0.2, 0) is 0 Å². The first-order valence-corrected chi connectivity index (χ1v) is 12.1. The Hall–Kier alpha value is -0.0800. The van der Waals surface area contributed by atoms with E-state index < -0.39 is 0 Å². The molecule has 1 spiro atoms. The Kier molecular flexibility index (Phi) is 9.44. The summed E-state index contributed by atoms with van der Waals surface area (Å²) in [4.78, 5) is 5.40. The zero-order valence-electron chi connectivity index (χ0n) is 18.7. The van der Waals surface area contributed by atoms with E-state index in [1.807, 2.05) is 13.8 Å². The predicted octanol–water partition coefficient (Wildman–Crippen LogP) is 6.21. The molecule has 2 nitrogen and oxygen atoms in total. The van der Waals surface area contributed by atoms with Crippen molar-refractivity contribution in [2.24, 2.45) is 17.3 Å². The van der Waals surface area contributed by atoms with Gasteiger partial charge >= 0.3 is 0 Å². The summed E-state index contributed by atoms with van der Waals surface area (Å²) in [5, 5.41) is 0. The van der Waals surface area contributed by atoms with Crippen LogP contribution in [0.25, 0.3) is 0 Å². The Morgan fingerprint density at radius 1 is 0.808 bits per heavy atom. The van der Waals surface area contributed by atoms with Gasteiger partial charge < -0.3 is 9.80 Å². The molecular weight excluding hydrogens is 316 g/mol. The van der Waals surface area contributed by atoms with Crippen LogP contribution in [0.3, 0.4) is 0 Å². The molecule has 1 saturated heterocycles. The van der Waals surface area contributed by atoms with Crippen molar-refractivity contribution in [3.05, 3.63) is 0 Å². The third-order valence-electron chi connectivity index (χ3n) is 8.11. The lowest BCUT2D eigenvalue weighted by molar-refractivity contribution is 0.0311. The van der Waals surface area contributed by atoms with E-state index in [4.69, 9.17) is 0 Å². The van der Waals surface area contributed by atoms with Crippen molar-refractivity contribution in [3.8, 4) is 0 Å². The Bertz CT molecular complexity index is 354. The lowest BCUT2D eigenvalue weighted by Crippen LogP contribution is -2.46. The van der Waals surface area contributed by atoms with Crippen LogP contribution in [-0.4, -0.2) is 49.1 Å². The van der Waals surface area contributed by atoms with Crippen LogP contribution < -0.4 is 0 Å². The van der Waals surface area contributed by atoms with Gasteiger partial charge in [0.05, 0.1) is 0 Å². The van der Waals surface area contributed by atoms with Crippen LogP contribution >= 0.6 is 0 Å². The fourth-order valence-electron chi connectivity index (χ4n) is 5.81. The largest absolute Gasteiger partial charge is 0.304 e. The second-order valence-corrected chi connectivity index (χ2v) is 9.40. The molecule has 2 heteroatoms. The second-order valence-electron chi connectivity index (χ2n) is 9.40. The Morgan fingerprint density at radius 2 is 1.35 bits per heavy atom. The maximum atomic E-state index is 2.83. The van der Waals surface area contributed by atoms with Gasteiger partial charge in [-0.3, -0.25) is 0 Å². The highest BCUT2D eigenvalue weighted by Crippen LogP contribution is 2.45. The van der Waals surface area contributed by atoms with E-state index in [1.165, 1.54) is 96.8 Å². The van der Waals surface area contributed by atoms with Gasteiger partial charge in [0, 0.05) is 12.6 Å². The molecule has 3 fully saturated rings. The quantitative estimate of drug-likeness (QED) is 0.572. The van der Waals surface area contributed by atoms with Gasteiger partial charge in [0.25, 0.3) is 0 Å². The van der Waals surface area contributed by atoms with Crippen molar-refractivity contribution in [1.82, 2.24) is 9.80 Å². The van der Waals surface area contributed by atoms with Crippen LogP contribution in [0.5, 0.6) is 0 Å². The van der Waals surface area contributed by atoms with Gasteiger partial charge in [0.1, 0.15) is 0 Å². The Labute approximate surface area is 165 Å². The molecule has 0 aromatic rings. The molecule has 0 aromatic carbocycles. The highest BCUT2D eigenvalue weighted by molar-refractivity contribution is 4.92. The molecular formula is C24H48N2. The zero-order chi connectivity index (χ0) is 19.0. The van der Waals surface area contributed by atoms with Gasteiger partial charge in [0.15, 0.2) is 0 Å². The lowest BCUT2D eigenvalue weighted by Gasteiger charge is -2.48. The lowest BCUT2D eigenvalue weighted by atomic mass is 9.66. The minimum atomic E-state index is 0.724. The maximum absolute atomic E-state index is 2.83. The minimum Gasteiger partial charge on any atom is -0.304 e. The molecule has 0 unspecified atom stereocenters. The van der Waals surface area contributed by atoms with Crippen LogP contribution in [0.4, 0.5) is 0 Å². The normalized spacial score (nSPS) is 30.2. The molecule has 154 valence electrons. The fourth-order valence-corrected chi connectivity index (χ4v) is 5.81. The van der Waals surface area contributed by atoms with E-state index in [0.29, 0.717) is 0 Å². The third kappa shape index (κ3) is 5.96. The average Bonchev–Trinajstić information content (AvgIpc) is 2.72. The first-order valence-electron chi connectivity index (χ1n) is 12.1. The van der Waals surface area contributed by atoms with Crippen LogP contribution in [0.1, 0.15) is 98.3 Å².